The van der Waals surface area contributed by atoms with Crippen LogP contribution >= 0.6 is 0 Å². The van der Waals surface area contributed by atoms with E-state index in [4.69, 9.17) is 4.74 Å². The van der Waals surface area contributed by atoms with Gasteiger partial charge in [0.05, 0.1) is 18.6 Å². The number of nitrogens with zero attached hydrogens (tertiary/aromatic N) is 2. The maximum atomic E-state index is 12.8. The Hall–Kier alpha value is -2.70. The maximum absolute atomic E-state index is 12.8. The number of nitrogens with one attached hydrogen (secondary N) is 1. The largest absolute Gasteiger partial charge is 0.374 e. The van der Waals surface area contributed by atoms with Crippen LogP contribution in [-0.2, 0) is 20.9 Å². The molecule has 0 spiro atoms. The predicted octanol–water partition coefficient (Wildman–Crippen LogP) is 2.67. The summed E-state index contributed by atoms with van der Waals surface area (Å²) in [6.45, 7) is 8.18. The van der Waals surface area contributed by atoms with Crippen molar-refractivity contribution in [3.05, 3.63) is 65.2 Å². The molecule has 2 fully saturated rings. The minimum Gasteiger partial charge on any atom is -0.374 e. The van der Waals surface area contributed by atoms with E-state index in [-0.39, 0.29) is 30.3 Å². The molecule has 2 atom stereocenters. The van der Waals surface area contributed by atoms with Crippen LogP contribution in [0.2, 0.25) is 0 Å². The highest BCUT2D eigenvalue weighted by Crippen LogP contribution is 2.29. The van der Waals surface area contributed by atoms with Crippen LogP contribution in [0, 0.1) is 19.8 Å². The smallest absolute Gasteiger partial charge is 0.227 e. The number of amides is 2. The van der Waals surface area contributed by atoms with Gasteiger partial charge in [-0.25, -0.2) is 0 Å². The third kappa shape index (κ3) is 5.14. The molecule has 0 radical (unpaired) electrons. The van der Waals surface area contributed by atoms with Gasteiger partial charge in [-0.1, -0.05) is 42.5 Å². The minimum absolute atomic E-state index is 0.0109. The molecule has 2 aliphatic heterocycles. The van der Waals surface area contributed by atoms with Crippen LogP contribution in [0.1, 0.15) is 23.1 Å². The Bertz CT molecular complexity index is 931. The molecule has 0 saturated carbocycles. The molecule has 31 heavy (non-hydrogen) atoms. The Kier molecular flexibility index (Phi) is 6.68. The minimum atomic E-state index is -0.323. The molecule has 2 saturated heterocycles. The van der Waals surface area contributed by atoms with Gasteiger partial charge in [-0.05, 0) is 36.6 Å². The fraction of sp³-hybridized carbons (Fsp3) is 0.440. The third-order valence-corrected chi connectivity index (χ3v) is 6.34. The highest BCUT2D eigenvalue weighted by atomic mass is 16.5. The van der Waals surface area contributed by atoms with Crippen LogP contribution in [-0.4, -0.2) is 55.6 Å². The van der Waals surface area contributed by atoms with Crippen LogP contribution in [0.4, 0.5) is 5.69 Å². The van der Waals surface area contributed by atoms with E-state index in [0.29, 0.717) is 19.7 Å². The number of anilines is 1. The van der Waals surface area contributed by atoms with E-state index in [0.717, 1.165) is 36.4 Å². The molecule has 2 aromatic carbocycles. The number of hydrogen-bond acceptors (Lipinski definition) is 4. The quantitative estimate of drug-likeness (QED) is 0.779. The van der Waals surface area contributed by atoms with Gasteiger partial charge in [0.1, 0.15) is 0 Å². The van der Waals surface area contributed by atoms with Crippen molar-refractivity contribution in [2.24, 2.45) is 5.92 Å². The molecule has 6 heteroatoms. The molecular formula is C25H31N3O3. The summed E-state index contributed by atoms with van der Waals surface area (Å²) in [5, 5.41) is 3.03. The average molecular weight is 422 g/mol. The van der Waals surface area contributed by atoms with Crippen LogP contribution < -0.4 is 10.2 Å². The van der Waals surface area contributed by atoms with E-state index in [1.807, 2.05) is 38.1 Å². The number of morpholine rings is 1. The number of aryl methyl sites for hydroxylation is 1. The van der Waals surface area contributed by atoms with E-state index >= 15 is 0 Å². The van der Waals surface area contributed by atoms with E-state index in [1.54, 1.807) is 4.90 Å². The van der Waals surface area contributed by atoms with E-state index in [9.17, 15) is 9.59 Å². The zero-order valence-corrected chi connectivity index (χ0v) is 18.3. The van der Waals surface area contributed by atoms with Gasteiger partial charge < -0.3 is 15.0 Å². The monoisotopic (exact) mass is 421 g/mol. The third-order valence-electron chi connectivity index (χ3n) is 6.34. The molecule has 2 heterocycles. The first kappa shape index (κ1) is 21.5. The normalized spacial score (nSPS) is 22.0. The molecule has 164 valence electrons. The van der Waals surface area contributed by atoms with Crippen LogP contribution in [0.5, 0.6) is 0 Å². The lowest BCUT2D eigenvalue weighted by atomic mass is 10.1. The van der Waals surface area contributed by atoms with Crippen molar-refractivity contribution >= 4 is 17.5 Å². The summed E-state index contributed by atoms with van der Waals surface area (Å²) in [6, 6.07) is 16.3. The summed E-state index contributed by atoms with van der Waals surface area (Å²) < 4.78 is 5.87. The van der Waals surface area contributed by atoms with Crippen LogP contribution in [0.3, 0.4) is 0 Å². The Morgan fingerprint density at radius 2 is 1.90 bits per heavy atom. The Morgan fingerprint density at radius 1 is 1.10 bits per heavy atom. The molecule has 4 rings (SSSR count). The molecule has 0 aliphatic carbocycles. The van der Waals surface area contributed by atoms with Gasteiger partial charge in [-0.2, -0.15) is 0 Å². The Morgan fingerprint density at radius 3 is 2.71 bits per heavy atom. The molecule has 2 aliphatic rings. The van der Waals surface area contributed by atoms with Gasteiger partial charge in [0.15, 0.2) is 0 Å². The summed E-state index contributed by atoms with van der Waals surface area (Å²) in [6.07, 6.45) is 0.221. The zero-order chi connectivity index (χ0) is 21.8. The summed E-state index contributed by atoms with van der Waals surface area (Å²) >= 11 is 0. The van der Waals surface area contributed by atoms with Crippen molar-refractivity contribution < 1.29 is 14.3 Å². The first-order chi connectivity index (χ1) is 15.0. The van der Waals surface area contributed by atoms with Crippen molar-refractivity contribution in [1.29, 1.82) is 0 Å². The molecule has 2 aromatic rings. The van der Waals surface area contributed by atoms with Gasteiger partial charge in [-0.3, -0.25) is 14.5 Å². The number of rotatable bonds is 6. The summed E-state index contributed by atoms with van der Waals surface area (Å²) in [7, 11) is 0. The van der Waals surface area contributed by atoms with Gasteiger partial charge >= 0.3 is 0 Å². The molecule has 6 nitrogen and oxygen atoms in total. The number of benzene rings is 2. The highest BCUT2D eigenvalue weighted by molar-refractivity contribution is 6.00. The lowest BCUT2D eigenvalue weighted by Gasteiger charge is -2.33. The summed E-state index contributed by atoms with van der Waals surface area (Å²) in [4.78, 5) is 29.5. The fourth-order valence-corrected chi connectivity index (χ4v) is 4.39. The van der Waals surface area contributed by atoms with Gasteiger partial charge in [-0.15, -0.1) is 0 Å². The molecule has 2 unspecified atom stereocenters. The standard InChI is InChI=1S/C25H31N3O3/c1-18-7-6-10-23(19(18)2)28-16-21(13-24(28)29)25(30)26-14-22-17-27(11-12-31-22)15-20-8-4-3-5-9-20/h3-10,21-22H,11-17H2,1-2H3,(H,26,30). The second-order valence-corrected chi connectivity index (χ2v) is 8.58. The van der Waals surface area contributed by atoms with Crippen LogP contribution in [0.15, 0.2) is 48.5 Å². The van der Waals surface area contributed by atoms with E-state index in [1.165, 1.54) is 5.56 Å². The lowest BCUT2D eigenvalue weighted by molar-refractivity contribution is -0.127. The van der Waals surface area contributed by atoms with E-state index < -0.39 is 0 Å². The van der Waals surface area contributed by atoms with Crippen molar-refractivity contribution in [3.63, 3.8) is 0 Å². The second kappa shape index (κ2) is 9.62. The SMILES string of the molecule is Cc1cccc(N2CC(C(=O)NCC3CN(Cc4ccccc4)CCO3)CC2=O)c1C. The zero-order valence-electron chi connectivity index (χ0n) is 18.3. The molecule has 1 N–H and O–H groups in total. The number of hydrogen-bond donors (Lipinski definition) is 1. The number of ether oxygens (including phenoxy) is 1. The Balaban J connectivity index is 1.29. The highest BCUT2D eigenvalue weighted by Gasteiger charge is 2.36. The topological polar surface area (TPSA) is 61.9 Å². The van der Waals surface area contributed by atoms with Crippen molar-refractivity contribution in [2.75, 3.05) is 37.7 Å². The number of carbonyl (C=O) groups excluding carboxylic acids is 2. The van der Waals surface area contributed by atoms with Crippen molar-refractivity contribution in [2.45, 2.75) is 32.9 Å². The molecule has 0 aromatic heterocycles. The molecular weight excluding hydrogens is 390 g/mol. The fourth-order valence-electron chi connectivity index (χ4n) is 4.39. The van der Waals surface area contributed by atoms with Crippen LogP contribution in [0.25, 0.3) is 0 Å². The second-order valence-electron chi connectivity index (χ2n) is 8.58. The lowest BCUT2D eigenvalue weighted by Crippen LogP contribution is -2.48. The first-order valence-corrected chi connectivity index (χ1v) is 11.0. The van der Waals surface area contributed by atoms with Gasteiger partial charge in [0, 0.05) is 44.8 Å². The van der Waals surface area contributed by atoms with Gasteiger partial charge in [0.25, 0.3) is 0 Å². The average Bonchev–Trinajstić information content (AvgIpc) is 3.16. The van der Waals surface area contributed by atoms with Crippen molar-refractivity contribution in [3.8, 4) is 0 Å². The number of carbonyl (C=O) groups is 2. The molecule has 0 bridgehead atoms. The molecule has 2 amide bonds. The predicted molar refractivity (Wildman–Crippen MR) is 121 cm³/mol. The van der Waals surface area contributed by atoms with Crippen molar-refractivity contribution in [1.82, 2.24) is 10.2 Å². The maximum Gasteiger partial charge on any atom is 0.227 e. The summed E-state index contributed by atoms with van der Waals surface area (Å²) in [5.74, 6) is -0.377. The Labute approximate surface area is 184 Å². The van der Waals surface area contributed by atoms with E-state index in [2.05, 4.69) is 34.5 Å². The van der Waals surface area contributed by atoms with Gasteiger partial charge in [0.2, 0.25) is 11.8 Å². The summed E-state index contributed by atoms with van der Waals surface area (Å²) in [5.41, 5.74) is 4.43. The first-order valence-electron chi connectivity index (χ1n) is 11.0.